The number of nitrogens with zero attached hydrogens (tertiary/aromatic N) is 3. The summed E-state index contributed by atoms with van der Waals surface area (Å²) in [6, 6.07) is 17.3. The van der Waals surface area contributed by atoms with Gasteiger partial charge in [-0.15, -0.1) is 0 Å². The van der Waals surface area contributed by atoms with Crippen molar-refractivity contribution in [3.63, 3.8) is 0 Å². The highest BCUT2D eigenvalue weighted by Crippen LogP contribution is 2.22. The van der Waals surface area contributed by atoms with Crippen molar-refractivity contribution < 1.29 is 19.6 Å². The lowest BCUT2D eigenvalue weighted by molar-refractivity contribution is -0.126. The van der Waals surface area contributed by atoms with Crippen LogP contribution in [0, 0.1) is 11.3 Å². The molecule has 1 aliphatic rings. The van der Waals surface area contributed by atoms with Crippen LogP contribution in [-0.2, 0) is 29.0 Å². The minimum absolute atomic E-state index is 0.0951. The Hall–Kier alpha value is -3.45. The molecule has 0 saturated heterocycles. The van der Waals surface area contributed by atoms with Crippen molar-refractivity contribution in [2.24, 2.45) is 0 Å². The number of benzene rings is 2. The lowest BCUT2D eigenvalue weighted by Gasteiger charge is -2.29. The van der Waals surface area contributed by atoms with Gasteiger partial charge in [0.1, 0.15) is 11.6 Å². The normalized spacial score (nSPS) is 14.4. The third-order valence-electron chi connectivity index (χ3n) is 6.41. The van der Waals surface area contributed by atoms with Gasteiger partial charge in [0.2, 0.25) is 5.91 Å². The van der Waals surface area contributed by atoms with Crippen LogP contribution in [0.5, 0.6) is 0 Å². The van der Waals surface area contributed by atoms with E-state index in [4.69, 9.17) is 0 Å². The maximum Gasteiger partial charge on any atom is 0.475 e. The summed E-state index contributed by atoms with van der Waals surface area (Å²) in [5, 5.41) is 31.8. The quantitative estimate of drug-likeness (QED) is 0.266. The van der Waals surface area contributed by atoms with Crippen LogP contribution < -0.4 is 5.32 Å². The van der Waals surface area contributed by atoms with E-state index in [2.05, 4.69) is 5.32 Å². The fraction of sp³-hybridized carbons (Fsp3) is 0.370. The Morgan fingerprint density at radius 1 is 1.17 bits per heavy atom. The van der Waals surface area contributed by atoms with Gasteiger partial charge < -0.3 is 20.3 Å². The average Bonchev–Trinajstić information content (AvgIpc) is 2.87. The summed E-state index contributed by atoms with van der Waals surface area (Å²) in [5.41, 5.74) is 3.98. The topological polar surface area (TPSA) is 117 Å². The van der Waals surface area contributed by atoms with Crippen LogP contribution >= 0.6 is 0 Å². The number of nitriles is 1. The maximum absolute atomic E-state index is 12.7. The summed E-state index contributed by atoms with van der Waals surface area (Å²) in [4.78, 5) is 28.9. The Morgan fingerprint density at radius 2 is 1.89 bits per heavy atom. The van der Waals surface area contributed by atoms with Gasteiger partial charge in [-0.2, -0.15) is 5.26 Å². The number of hydrogen-bond donors (Lipinski definition) is 3. The van der Waals surface area contributed by atoms with Crippen molar-refractivity contribution in [3.05, 3.63) is 76.4 Å². The van der Waals surface area contributed by atoms with Crippen molar-refractivity contribution in [1.29, 1.82) is 5.26 Å². The molecule has 0 saturated carbocycles. The number of amides is 2. The molecule has 2 aromatic carbocycles. The molecule has 3 N–H and O–H groups in total. The predicted octanol–water partition coefficient (Wildman–Crippen LogP) is 1.56. The highest BCUT2D eigenvalue weighted by molar-refractivity contribution is 6.43. The molecule has 36 heavy (non-hydrogen) atoms. The van der Waals surface area contributed by atoms with Crippen molar-refractivity contribution >= 4 is 25.0 Å². The number of fused-ring (bicyclic) bond motifs is 1. The SMILES string of the molecule is CCN(CC)C(=O)/C(C#N)=C/c1ccc2c(c1)CN(CC(=O)N[C@@H](Cc1ccccc1)B(O)O)CC2. The molecule has 3 rings (SSSR count). The molecule has 2 amide bonds. The molecule has 188 valence electrons. The van der Waals surface area contributed by atoms with E-state index in [-0.39, 0.29) is 23.9 Å². The molecule has 0 bridgehead atoms. The molecule has 0 radical (unpaired) electrons. The molecule has 0 aliphatic carbocycles. The zero-order chi connectivity index (χ0) is 26.1. The minimum atomic E-state index is -1.67. The molecule has 0 fully saturated rings. The highest BCUT2D eigenvalue weighted by atomic mass is 16.4. The lowest BCUT2D eigenvalue weighted by Crippen LogP contribution is -2.51. The number of carbonyl (C=O) groups is 2. The van der Waals surface area contributed by atoms with Gasteiger partial charge in [0.25, 0.3) is 5.91 Å². The fourth-order valence-electron chi connectivity index (χ4n) is 4.40. The average molecular weight is 488 g/mol. The smallest absolute Gasteiger partial charge is 0.426 e. The van der Waals surface area contributed by atoms with E-state index in [1.807, 2.05) is 73.3 Å². The zero-order valence-corrected chi connectivity index (χ0v) is 20.9. The van der Waals surface area contributed by atoms with Gasteiger partial charge in [-0.1, -0.05) is 48.5 Å². The Balaban J connectivity index is 1.66. The molecule has 1 atom stereocenters. The number of hydrogen-bond acceptors (Lipinski definition) is 6. The van der Waals surface area contributed by atoms with E-state index in [0.29, 0.717) is 32.6 Å². The first-order chi connectivity index (χ1) is 17.3. The van der Waals surface area contributed by atoms with Crippen LogP contribution in [0.25, 0.3) is 6.08 Å². The second-order valence-corrected chi connectivity index (χ2v) is 8.91. The molecule has 0 spiro atoms. The third-order valence-corrected chi connectivity index (χ3v) is 6.41. The van der Waals surface area contributed by atoms with E-state index in [1.165, 1.54) is 5.56 Å². The minimum Gasteiger partial charge on any atom is -0.426 e. The van der Waals surface area contributed by atoms with Crippen molar-refractivity contribution in [2.75, 3.05) is 26.2 Å². The first-order valence-corrected chi connectivity index (χ1v) is 12.3. The number of nitrogens with one attached hydrogen (secondary N) is 1. The van der Waals surface area contributed by atoms with Crippen molar-refractivity contribution in [2.45, 2.75) is 39.2 Å². The summed E-state index contributed by atoms with van der Waals surface area (Å²) < 4.78 is 0. The van der Waals surface area contributed by atoms with Crippen LogP contribution in [0.1, 0.15) is 36.1 Å². The van der Waals surface area contributed by atoms with E-state index in [1.54, 1.807) is 11.0 Å². The molecule has 9 heteroatoms. The second-order valence-electron chi connectivity index (χ2n) is 8.91. The standard InChI is InChI=1S/C27H33BN4O4/c1-3-32(4-2)27(34)23(17-29)14-21-10-11-22-12-13-31(18-24(22)15-21)19-26(33)30-25(28(35)36)16-20-8-6-5-7-9-20/h5-11,14-15,25,35-36H,3-4,12-13,16,18-19H2,1-2H3,(H,30,33)/b23-14+/t25-/m0/s1. The van der Waals surface area contributed by atoms with E-state index >= 15 is 0 Å². The van der Waals surface area contributed by atoms with Gasteiger partial charge in [0.15, 0.2) is 0 Å². The van der Waals surface area contributed by atoms with Crippen LogP contribution in [0.4, 0.5) is 0 Å². The monoisotopic (exact) mass is 488 g/mol. The van der Waals surface area contributed by atoms with Crippen LogP contribution in [0.3, 0.4) is 0 Å². The summed E-state index contributed by atoms with van der Waals surface area (Å²) in [7, 11) is -1.67. The Morgan fingerprint density at radius 3 is 2.53 bits per heavy atom. The van der Waals surface area contributed by atoms with Crippen molar-refractivity contribution in [1.82, 2.24) is 15.1 Å². The second kappa shape index (κ2) is 13.0. The molecule has 1 heterocycles. The summed E-state index contributed by atoms with van der Waals surface area (Å²) >= 11 is 0. The van der Waals surface area contributed by atoms with Gasteiger partial charge in [-0.3, -0.25) is 14.5 Å². The summed E-state index contributed by atoms with van der Waals surface area (Å²) in [6.45, 7) is 6.20. The summed E-state index contributed by atoms with van der Waals surface area (Å²) in [5.74, 6) is -1.36. The first kappa shape index (κ1) is 27.1. The van der Waals surface area contributed by atoms with E-state index < -0.39 is 13.1 Å². The van der Waals surface area contributed by atoms with E-state index in [0.717, 1.165) is 23.1 Å². The predicted molar refractivity (Wildman–Crippen MR) is 139 cm³/mol. The van der Waals surface area contributed by atoms with Gasteiger partial charge in [0, 0.05) is 26.2 Å². The Kier molecular flexibility index (Phi) is 9.82. The largest absolute Gasteiger partial charge is 0.475 e. The van der Waals surface area contributed by atoms with Gasteiger partial charge in [-0.25, -0.2) is 0 Å². The molecule has 0 aromatic heterocycles. The first-order valence-electron chi connectivity index (χ1n) is 12.3. The zero-order valence-electron chi connectivity index (χ0n) is 20.9. The van der Waals surface area contributed by atoms with E-state index in [9.17, 15) is 24.9 Å². The number of rotatable bonds is 10. The van der Waals surface area contributed by atoms with Crippen LogP contribution in [0.2, 0.25) is 0 Å². The lowest BCUT2D eigenvalue weighted by atomic mass is 9.76. The molecule has 8 nitrogen and oxygen atoms in total. The highest BCUT2D eigenvalue weighted by Gasteiger charge is 2.27. The van der Waals surface area contributed by atoms with Gasteiger partial charge in [0.05, 0.1) is 12.5 Å². The van der Waals surface area contributed by atoms with Crippen LogP contribution in [0.15, 0.2) is 54.1 Å². The Bertz CT molecular complexity index is 1130. The fourth-order valence-corrected chi connectivity index (χ4v) is 4.40. The van der Waals surface area contributed by atoms with Gasteiger partial charge >= 0.3 is 7.12 Å². The molecule has 0 unspecified atom stereocenters. The van der Waals surface area contributed by atoms with Crippen LogP contribution in [-0.4, -0.2) is 70.9 Å². The third kappa shape index (κ3) is 7.28. The van der Waals surface area contributed by atoms with Crippen molar-refractivity contribution in [3.8, 4) is 6.07 Å². The van der Waals surface area contributed by atoms with Gasteiger partial charge in [-0.05, 0) is 55.0 Å². The molecular weight excluding hydrogens is 455 g/mol. The maximum atomic E-state index is 12.7. The Labute approximate surface area is 213 Å². The molecular formula is C27H33BN4O4. The summed E-state index contributed by atoms with van der Waals surface area (Å²) in [6.07, 6.45) is 2.70. The number of carbonyl (C=O) groups excluding carboxylic acids is 2. The number of likely N-dealkylation sites (N-methyl/N-ethyl adjacent to an activating group) is 1. The molecule has 2 aromatic rings. The molecule has 1 aliphatic heterocycles.